The number of methoxy groups -OCH3 is 2. The Labute approximate surface area is 196 Å². The van der Waals surface area contributed by atoms with E-state index in [0.29, 0.717) is 10.7 Å². The van der Waals surface area contributed by atoms with E-state index in [9.17, 15) is 9.59 Å². The average molecular weight is 478 g/mol. The molecular weight excluding hydrogens is 453 g/mol. The van der Waals surface area contributed by atoms with E-state index in [2.05, 4.69) is 0 Å². The van der Waals surface area contributed by atoms with E-state index < -0.39 is 5.97 Å². The van der Waals surface area contributed by atoms with E-state index in [-0.39, 0.29) is 24.8 Å². The minimum absolute atomic E-state index is 0.123. The van der Waals surface area contributed by atoms with Gasteiger partial charge < -0.3 is 14.0 Å². The molecular formula is C23H25Cl2N3O4. The van der Waals surface area contributed by atoms with Gasteiger partial charge in [0.15, 0.2) is 0 Å². The van der Waals surface area contributed by atoms with E-state index in [1.807, 2.05) is 28.3 Å². The van der Waals surface area contributed by atoms with Gasteiger partial charge in [0.05, 0.1) is 32.2 Å². The Hall–Kier alpha value is -2.51. The third-order valence-corrected chi connectivity index (χ3v) is 6.68. The maximum absolute atomic E-state index is 12.7. The summed E-state index contributed by atoms with van der Waals surface area (Å²) in [5, 5.41) is 6.15. The number of ether oxygens (including phenoxy) is 2. The van der Waals surface area contributed by atoms with Crippen LogP contribution in [0.2, 0.25) is 5.02 Å². The highest BCUT2D eigenvalue weighted by atomic mass is 35.5. The van der Waals surface area contributed by atoms with Crippen LogP contribution in [0.5, 0.6) is 0 Å². The lowest BCUT2D eigenvalue weighted by Gasteiger charge is -2.16. The fourth-order valence-corrected chi connectivity index (χ4v) is 5.12. The topological polar surface area (TPSA) is 75.3 Å². The molecule has 0 amide bonds. The van der Waals surface area contributed by atoms with Crippen LogP contribution in [-0.2, 0) is 39.7 Å². The molecule has 0 spiro atoms. The van der Waals surface area contributed by atoms with Gasteiger partial charge in [-0.15, -0.1) is 11.6 Å². The number of aryl methyl sites for hydroxylation is 3. The van der Waals surface area contributed by atoms with Crippen molar-refractivity contribution in [1.82, 2.24) is 14.3 Å². The number of carbonyl (C=O) groups excluding carboxylic acids is 2. The van der Waals surface area contributed by atoms with Crippen LogP contribution in [0, 0.1) is 6.92 Å². The zero-order valence-electron chi connectivity index (χ0n) is 18.3. The van der Waals surface area contributed by atoms with E-state index >= 15 is 0 Å². The van der Waals surface area contributed by atoms with Gasteiger partial charge in [-0.05, 0) is 43.9 Å². The molecule has 0 saturated heterocycles. The molecule has 2 aromatic heterocycles. The molecule has 1 aliphatic heterocycles. The molecule has 32 heavy (non-hydrogen) atoms. The molecule has 0 unspecified atom stereocenters. The van der Waals surface area contributed by atoms with Crippen LogP contribution < -0.4 is 0 Å². The van der Waals surface area contributed by atoms with Gasteiger partial charge >= 0.3 is 11.9 Å². The lowest BCUT2D eigenvalue weighted by Crippen LogP contribution is -2.14. The average Bonchev–Trinajstić information content (AvgIpc) is 3.32. The second kappa shape index (κ2) is 9.16. The van der Waals surface area contributed by atoms with Gasteiger partial charge in [-0.1, -0.05) is 11.6 Å². The number of rotatable bonds is 6. The Bertz CT molecular complexity index is 1210. The summed E-state index contributed by atoms with van der Waals surface area (Å²) in [7, 11) is 2.69. The molecule has 0 saturated carbocycles. The second-order valence-electron chi connectivity index (χ2n) is 7.84. The van der Waals surface area contributed by atoms with Crippen LogP contribution in [0.3, 0.4) is 0 Å². The zero-order valence-corrected chi connectivity index (χ0v) is 19.8. The van der Waals surface area contributed by atoms with Crippen molar-refractivity contribution in [2.45, 2.75) is 51.6 Å². The molecule has 0 fully saturated rings. The summed E-state index contributed by atoms with van der Waals surface area (Å²) >= 11 is 13.1. The summed E-state index contributed by atoms with van der Waals surface area (Å²) in [5.41, 5.74) is 5.58. The van der Waals surface area contributed by atoms with Gasteiger partial charge in [0.25, 0.3) is 0 Å². The van der Waals surface area contributed by atoms with E-state index in [0.717, 1.165) is 64.8 Å². The number of alkyl halides is 1. The molecule has 9 heteroatoms. The first-order valence-corrected chi connectivity index (χ1v) is 11.4. The zero-order chi connectivity index (χ0) is 23.0. The number of aromatic nitrogens is 3. The highest BCUT2D eigenvalue weighted by molar-refractivity contribution is 6.35. The molecule has 0 bridgehead atoms. The van der Waals surface area contributed by atoms with Crippen LogP contribution in [0.1, 0.15) is 46.7 Å². The molecule has 3 aromatic rings. The standard InChI is InChI=1S/C23H25Cl2N3O4/c1-13-19-16(27(11-9-18(29)31-2)22(13)23(30)32-3)8-7-14(25)20(19)21-15(12-24)26-28-10-5-4-6-17(21)28/h7-8H,4-6,9-12H2,1-3H3. The van der Waals surface area contributed by atoms with Crippen molar-refractivity contribution in [2.24, 2.45) is 0 Å². The highest BCUT2D eigenvalue weighted by Crippen LogP contribution is 2.43. The Balaban J connectivity index is 2.03. The third kappa shape index (κ3) is 3.67. The molecule has 0 N–H and O–H groups in total. The number of esters is 2. The molecule has 1 aliphatic rings. The number of halogens is 2. The second-order valence-corrected chi connectivity index (χ2v) is 8.52. The number of nitrogens with zero attached hydrogens (tertiary/aromatic N) is 3. The molecule has 4 rings (SSSR count). The largest absolute Gasteiger partial charge is 0.469 e. The predicted molar refractivity (Wildman–Crippen MR) is 123 cm³/mol. The normalized spacial score (nSPS) is 13.3. The minimum atomic E-state index is -0.472. The van der Waals surface area contributed by atoms with Gasteiger partial charge in [-0.3, -0.25) is 9.48 Å². The van der Waals surface area contributed by atoms with Gasteiger partial charge in [0.2, 0.25) is 0 Å². The highest BCUT2D eigenvalue weighted by Gasteiger charge is 2.29. The maximum atomic E-state index is 12.7. The summed E-state index contributed by atoms with van der Waals surface area (Å²) < 4.78 is 13.7. The number of benzene rings is 1. The summed E-state index contributed by atoms with van der Waals surface area (Å²) in [6.45, 7) is 3.00. The maximum Gasteiger partial charge on any atom is 0.354 e. The Morgan fingerprint density at radius 2 is 1.94 bits per heavy atom. The molecule has 7 nitrogen and oxygen atoms in total. The number of carbonyl (C=O) groups is 2. The minimum Gasteiger partial charge on any atom is -0.469 e. The summed E-state index contributed by atoms with van der Waals surface area (Å²) in [6, 6.07) is 3.69. The van der Waals surface area contributed by atoms with Gasteiger partial charge in [0, 0.05) is 45.8 Å². The fourth-order valence-electron chi connectivity index (χ4n) is 4.68. The molecule has 0 aliphatic carbocycles. The number of fused-ring (bicyclic) bond motifs is 2. The summed E-state index contributed by atoms with van der Waals surface area (Å²) in [6.07, 6.45) is 3.15. The first-order valence-electron chi connectivity index (χ1n) is 10.5. The van der Waals surface area contributed by atoms with E-state index in [4.69, 9.17) is 37.8 Å². The molecule has 170 valence electrons. The Kier molecular flexibility index (Phi) is 6.49. The van der Waals surface area contributed by atoms with E-state index in [1.54, 1.807) is 0 Å². The molecule has 3 heterocycles. The summed E-state index contributed by atoms with van der Waals surface area (Å²) in [4.78, 5) is 24.6. The molecule has 0 atom stereocenters. The monoisotopic (exact) mass is 477 g/mol. The van der Waals surface area contributed by atoms with Crippen LogP contribution in [0.25, 0.3) is 22.0 Å². The van der Waals surface area contributed by atoms with Crippen LogP contribution in [0.4, 0.5) is 0 Å². The lowest BCUT2D eigenvalue weighted by molar-refractivity contribution is -0.140. The first kappa shape index (κ1) is 22.7. The number of hydrogen-bond donors (Lipinski definition) is 0. The van der Waals surface area contributed by atoms with Gasteiger partial charge in [-0.2, -0.15) is 5.10 Å². The molecule has 1 aromatic carbocycles. The predicted octanol–water partition coefficient (Wildman–Crippen LogP) is 4.89. The van der Waals surface area contributed by atoms with Crippen molar-refractivity contribution < 1.29 is 19.1 Å². The van der Waals surface area contributed by atoms with Gasteiger partial charge in [0.1, 0.15) is 5.69 Å². The Morgan fingerprint density at radius 1 is 1.16 bits per heavy atom. The molecule has 0 radical (unpaired) electrons. The summed E-state index contributed by atoms with van der Waals surface area (Å²) in [5.74, 6) is -0.571. The van der Waals surface area contributed by atoms with Crippen molar-refractivity contribution in [3.63, 3.8) is 0 Å². The third-order valence-electron chi connectivity index (χ3n) is 6.11. The van der Waals surface area contributed by atoms with Crippen molar-refractivity contribution in [3.05, 3.63) is 39.8 Å². The smallest absolute Gasteiger partial charge is 0.354 e. The van der Waals surface area contributed by atoms with Crippen LogP contribution >= 0.6 is 23.2 Å². The van der Waals surface area contributed by atoms with Crippen molar-refractivity contribution in [1.29, 1.82) is 0 Å². The van der Waals surface area contributed by atoms with Crippen molar-refractivity contribution >= 4 is 46.0 Å². The Morgan fingerprint density at radius 3 is 2.62 bits per heavy atom. The van der Waals surface area contributed by atoms with E-state index in [1.165, 1.54) is 14.2 Å². The van der Waals surface area contributed by atoms with Crippen LogP contribution in [-0.4, -0.2) is 40.5 Å². The van der Waals surface area contributed by atoms with Gasteiger partial charge in [-0.25, -0.2) is 4.79 Å². The van der Waals surface area contributed by atoms with Crippen molar-refractivity contribution in [3.8, 4) is 11.1 Å². The number of hydrogen-bond acceptors (Lipinski definition) is 5. The lowest BCUT2D eigenvalue weighted by atomic mass is 9.94. The first-order chi connectivity index (χ1) is 15.4. The quantitative estimate of drug-likeness (QED) is 0.373. The van der Waals surface area contributed by atoms with Crippen LogP contribution in [0.15, 0.2) is 12.1 Å². The fraction of sp³-hybridized carbons (Fsp3) is 0.435. The SMILES string of the molecule is COC(=O)CCn1c(C(=O)OC)c(C)c2c(-c3c(CCl)nn4c3CCCC4)c(Cl)ccc21. The van der Waals surface area contributed by atoms with Crippen molar-refractivity contribution in [2.75, 3.05) is 14.2 Å².